The minimum absolute atomic E-state index is 0.200. The van der Waals surface area contributed by atoms with E-state index in [1.807, 2.05) is 6.92 Å². The Hall–Kier alpha value is -1.33. The molecule has 0 aliphatic rings. The van der Waals surface area contributed by atoms with Gasteiger partial charge in [0.2, 0.25) is 0 Å². The topological polar surface area (TPSA) is 25.8 Å². The second-order valence-corrected chi connectivity index (χ2v) is 4.75. The third-order valence-corrected chi connectivity index (χ3v) is 3.36. The highest BCUT2D eigenvalue weighted by molar-refractivity contribution is 6.34. The standard InChI is InChI=1S/C13H9Cl2F3N2/c1-2-9-10(14)19-12(20-11(9)15)7-3-5-8(6-4-7)13(16,17)18/h3-6H,2H2,1H3. The molecule has 2 aromatic rings. The average molecular weight is 321 g/mol. The highest BCUT2D eigenvalue weighted by Crippen LogP contribution is 2.31. The van der Waals surface area contributed by atoms with Gasteiger partial charge in [0, 0.05) is 11.1 Å². The van der Waals surface area contributed by atoms with Gasteiger partial charge in [-0.25, -0.2) is 9.97 Å². The van der Waals surface area contributed by atoms with Gasteiger partial charge in [0.1, 0.15) is 10.3 Å². The van der Waals surface area contributed by atoms with Crippen molar-refractivity contribution in [3.63, 3.8) is 0 Å². The predicted molar refractivity (Wildman–Crippen MR) is 71.9 cm³/mol. The minimum atomic E-state index is -4.37. The predicted octanol–water partition coefficient (Wildman–Crippen LogP) is 5.03. The fraction of sp³-hybridized carbons (Fsp3) is 0.231. The lowest BCUT2D eigenvalue weighted by atomic mass is 10.1. The van der Waals surface area contributed by atoms with Crippen molar-refractivity contribution in [1.29, 1.82) is 0 Å². The molecule has 0 aliphatic heterocycles. The Morgan fingerprint density at radius 2 is 1.50 bits per heavy atom. The van der Waals surface area contributed by atoms with Gasteiger partial charge in [0.25, 0.3) is 0 Å². The molecule has 0 amide bonds. The van der Waals surface area contributed by atoms with Crippen molar-refractivity contribution in [3.8, 4) is 11.4 Å². The Bertz CT molecular complexity index is 601. The summed E-state index contributed by atoms with van der Waals surface area (Å²) in [6, 6.07) is 4.51. The zero-order chi connectivity index (χ0) is 14.9. The molecule has 7 heteroatoms. The van der Waals surface area contributed by atoms with Crippen LogP contribution in [-0.2, 0) is 12.6 Å². The van der Waals surface area contributed by atoms with Crippen molar-refractivity contribution in [2.24, 2.45) is 0 Å². The third kappa shape index (κ3) is 3.04. The molecule has 0 N–H and O–H groups in total. The van der Waals surface area contributed by atoms with Crippen molar-refractivity contribution < 1.29 is 13.2 Å². The Morgan fingerprint density at radius 1 is 1.00 bits per heavy atom. The second-order valence-electron chi connectivity index (χ2n) is 4.04. The van der Waals surface area contributed by atoms with Gasteiger partial charge in [-0.15, -0.1) is 0 Å². The highest BCUT2D eigenvalue weighted by Gasteiger charge is 2.30. The minimum Gasteiger partial charge on any atom is -0.216 e. The first-order valence-electron chi connectivity index (χ1n) is 5.72. The molecular formula is C13H9Cl2F3N2. The molecular weight excluding hydrogens is 312 g/mol. The van der Waals surface area contributed by atoms with Crippen molar-refractivity contribution in [1.82, 2.24) is 9.97 Å². The van der Waals surface area contributed by atoms with E-state index in [2.05, 4.69) is 9.97 Å². The van der Waals surface area contributed by atoms with E-state index < -0.39 is 11.7 Å². The Kier molecular flexibility index (Phi) is 4.20. The molecule has 0 saturated heterocycles. The zero-order valence-electron chi connectivity index (χ0n) is 10.3. The Balaban J connectivity index is 2.42. The van der Waals surface area contributed by atoms with Crippen LogP contribution < -0.4 is 0 Å². The summed E-state index contributed by atoms with van der Waals surface area (Å²) >= 11 is 11.9. The smallest absolute Gasteiger partial charge is 0.216 e. The quantitative estimate of drug-likeness (QED) is 0.725. The second kappa shape index (κ2) is 5.58. The molecule has 2 nitrogen and oxygen atoms in total. The van der Waals surface area contributed by atoms with Crippen LogP contribution in [0.25, 0.3) is 11.4 Å². The van der Waals surface area contributed by atoms with Crippen molar-refractivity contribution in [2.45, 2.75) is 19.5 Å². The molecule has 0 atom stereocenters. The van der Waals surface area contributed by atoms with E-state index in [4.69, 9.17) is 23.2 Å². The molecule has 1 aromatic heterocycles. The number of hydrogen-bond donors (Lipinski definition) is 0. The van der Waals surface area contributed by atoms with Crippen LogP contribution in [0.2, 0.25) is 10.3 Å². The number of halogens is 5. The molecule has 0 saturated carbocycles. The summed E-state index contributed by atoms with van der Waals surface area (Å²) in [6.45, 7) is 1.86. The summed E-state index contributed by atoms with van der Waals surface area (Å²) in [5.41, 5.74) is 0.303. The lowest BCUT2D eigenvalue weighted by Crippen LogP contribution is -2.04. The maximum atomic E-state index is 12.5. The summed E-state index contributed by atoms with van der Waals surface area (Å²) in [4.78, 5) is 8.11. The molecule has 1 heterocycles. The van der Waals surface area contributed by atoms with E-state index in [9.17, 15) is 13.2 Å². The number of hydrogen-bond acceptors (Lipinski definition) is 2. The van der Waals surface area contributed by atoms with Gasteiger partial charge in [0.15, 0.2) is 5.82 Å². The average Bonchev–Trinajstić information content (AvgIpc) is 2.37. The summed E-state index contributed by atoms with van der Waals surface area (Å²) in [5, 5.41) is 0.421. The monoisotopic (exact) mass is 320 g/mol. The first kappa shape index (κ1) is 15.1. The largest absolute Gasteiger partial charge is 0.416 e. The van der Waals surface area contributed by atoms with E-state index >= 15 is 0 Å². The van der Waals surface area contributed by atoms with Crippen LogP contribution in [-0.4, -0.2) is 9.97 Å². The number of rotatable bonds is 2. The van der Waals surface area contributed by atoms with Crippen LogP contribution in [0, 0.1) is 0 Å². The van der Waals surface area contributed by atoms with E-state index in [1.54, 1.807) is 0 Å². The molecule has 0 bridgehead atoms. The van der Waals surface area contributed by atoms with Gasteiger partial charge in [0.05, 0.1) is 5.56 Å². The maximum Gasteiger partial charge on any atom is 0.416 e. The summed E-state index contributed by atoms with van der Waals surface area (Å²) in [5.74, 6) is 0.200. The van der Waals surface area contributed by atoms with Crippen LogP contribution in [0.1, 0.15) is 18.1 Å². The van der Waals surface area contributed by atoms with E-state index in [0.717, 1.165) is 12.1 Å². The summed E-state index contributed by atoms with van der Waals surface area (Å²) in [6.07, 6.45) is -3.80. The van der Waals surface area contributed by atoms with Crippen LogP contribution >= 0.6 is 23.2 Å². The summed E-state index contributed by atoms with van der Waals surface area (Å²) < 4.78 is 37.4. The molecule has 20 heavy (non-hydrogen) atoms. The molecule has 0 fully saturated rings. The number of benzene rings is 1. The molecule has 106 valence electrons. The van der Waals surface area contributed by atoms with E-state index in [0.29, 0.717) is 17.5 Å². The molecule has 2 rings (SSSR count). The fourth-order valence-electron chi connectivity index (χ4n) is 1.66. The van der Waals surface area contributed by atoms with Gasteiger partial charge >= 0.3 is 6.18 Å². The number of alkyl halides is 3. The van der Waals surface area contributed by atoms with Gasteiger partial charge in [-0.1, -0.05) is 42.3 Å². The fourth-order valence-corrected chi connectivity index (χ4v) is 2.31. The van der Waals surface area contributed by atoms with Crippen LogP contribution in [0.5, 0.6) is 0 Å². The zero-order valence-corrected chi connectivity index (χ0v) is 11.8. The Labute approximate surface area is 123 Å². The first-order chi connectivity index (χ1) is 9.32. The summed E-state index contributed by atoms with van der Waals surface area (Å²) in [7, 11) is 0. The first-order valence-corrected chi connectivity index (χ1v) is 6.48. The molecule has 0 aliphatic carbocycles. The van der Waals surface area contributed by atoms with E-state index in [1.165, 1.54) is 12.1 Å². The highest BCUT2D eigenvalue weighted by atomic mass is 35.5. The van der Waals surface area contributed by atoms with Crippen molar-refractivity contribution >= 4 is 23.2 Å². The maximum absolute atomic E-state index is 12.5. The van der Waals surface area contributed by atoms with Crippen LogP contribution in [0.15, 0.2) is 24.3 Å². The molecule has 1 aromatic carbocycles. The lowest BCUT2D eigenvalue weighted by Gasteiger charge is -2.09. The van der Waals surface area contributed by atoms with E-state index in [-0.39, 0.29) is 16.1 Å². The molecule has 0 radical (unpaired) electrons. The van der Waals surface area contributed by atoms with Gasteiger partial charge in [-0.2, -0.15) is 13.2 Å². The SMILES string of the molecule is CCc1c(Cl)nc(-c2ccc(C(F)(F)F)cc2)nc1Cl. The number of nitrogens with zero attached hydrogens (tertiary/aromatic N) is 2. The van der Waals surface area contributed by atoms with Gasteiger partial charge in [-0.05, 0) is 18.6 Å². The third-order valence-electron chi connectivity index (χ3n) is 2.73. The van der Waals surface area contributed by atoms with Crippen molar-refractivity contribution in [2.75, 3.05) is 0 Å². The Morgan fingerprint density at radius 3 is 1.90 bits per heavy atom. The lowest BCUT2D eigenvalue weighted by molar-refractivity contribution is -0.137. The van der Waals surface area contributed by atoms with Crippen LogP contribution in [0.4, 0.5) is 13.2 Å². The molecule has 0 spiro atoms. The van der Waals surface area contributed by atoms with Gasteiger partial charge in [-0.3, -0.25) is 0 Å². The van der Waals surface area contributed by atoms with Gasteiger partial charge < -0.3 is 0 Å². The van der Waals surface area contributed by atoms with Crippen molar-refractivity contribution in [3.05, 3.63) is 45.7 Å². The van der Waals surface area contributed by atoms with Crippen LogP contribution in [0.3, 0.4) is 0 Å². The number of aromatic nitrogens is 2. The normalized spacial score (nSPS) is 11.7. The molecule has 0 unspecified atom stereocenters.